The number of carbonyl (C=O) groups is 2. The minimum atomic E-state index is -4.15. The molecule has 2 amide bonds. The molecule has 196 valence electrons. The van der Waals surface area contributed by atoms with Gasteiger partial charge in [-0.3, -0.25) is 13.9 Å². The minimum Gasteiger partial charge on any atom is -0.355 e. The Morgan fingerprint density at radius 2 is 1.59 bits per heavy atom. The van der Waals surface area contributed by atoms with E-state index in [1.54, 1.807) is 81.4 Å². The zero-order valence-corrected chi connectivity index (χ0v) is 23.1. The summed E-state index contributed by atoms with van der Waals surface area (Å²) in [6.45, 7) is 5.03. The molecule has 0 radical (unpaired) electrons. The Morgan fingerprint density at radius 3 is 2.22 bits per heavy atom. The molecule has 3 aromatic rings. The van der Waals surface area contributed by atoms with Gasteiger partial charge < -0.3 is 10.2 Å². The molecule has 1 N–H and O–H groups in total. The number of nitrogens with zero attached hydrogens (tertiary/aromatic N) is 2. The average molecular weight is 563 g/mol. The summed E-state index contributed by atoms with van der Waals surface area (Å²) in [7, 11) is -4.15. The van der Waals surface area contributed by atoms with Crippen molar-refractivity contribution >= 4 is 50.7 Å². The molecular formula is C27H29Cl2N3O4S. The Bertz CT molecular complexity index is 1350. The highest BCUT2D eigenvalue weighted by Crippen LogP contribution is 2.31. The lowest BCUT2D eigenvalue weighted by Gasteiger charge is -2.32. The number of halogens is 2. The maximum absolute atomic E-state index is 13.8. The van der Waals surface area contributed by atoms with E-state index >= 15 is 0 Å². The standard InChI is InChI=1S/C27H29Cl2N3O4S/c1-4-30-27(34)20(3)31(17-21-13-15-22(28)16-14-21)26(33)18-32(25-12-8-11-24(29)19(25)2)37(35,36)23-9-6-5-7-10-23/h5-16,20H,4,17-18H2,1-3H3,(H,30,34)/t20-/m0/s1. The van der Waals surface area contributed by atoms with Crippen molar-refractivity contribution < 1.29 is 18.0 Å². The van der Waals surface area contributed by atoms with Gasteiger partial charge in [-0.2, -0.15) is 0 Å². The molecule has 1 atom stereocenters. The highest BCUT2D eigenvalue weighted by Gasteiger charge is 2.33. The predicted molar refractivity (Wildman–Crippen MR) is 147 cm³/mol. The lowest BCUT2D eigenvalue weighted by Crippen LogP contribution is -2.51. The van der Waals surface area contributed by atoms with Gasteiger partial charge in [0, 0.05) is 23.1 Å². The first-order valence-corrected chi connectivity index (χ1v) is 13.9. The van der Waals surface area contributed by atoms with Crippen molar-refractivity contribution in [2.45, 2.75) is 38.3 Å². The van der Waals surface area contributed by atoms with E-state index in [4.69, 9.17) is 23.2 Å². The number of hydrogen-bond donors (Lipinski definition) is 1. The van der Waals surface area contributed by atoms with Gasteiger partial charge in [0.15, 0.2) is 0 Å². The summed E-state index contributed by atoms with van der Waals surface area (Å²) in [6.07, 6.45) is 0. The number of rotatable bonds is 10. The van der Waals surface area contributed by atoms with Crippen molar-refractivity contribution in [2.24, 2.45) is 0 Å². The molecular weight excluding hydrogens is 533 g/mol. The third kappa shape index (κ3) is 6.83. The summed E-state index contributed by atoms with van der Waals surface area (Å²) in [6, 6.07) is 18.8. The van der Waals surface area contributed by atoms with Crippen LogP contribution in [-0.2, 0) is 26.2 Å². The van der Waals surface area contributed by atoms with E-state index in [2.05, 4.69) is 5.32 Å². The van der Waals surface area contributed by atoms with Gasteiger partial charge in [-0.05, 0) is 68.3 Å². The van der Waals surface area contributed by atoms with E-state index in [0.717, 1.165) is 9.87 Å². The van der Waals surface area contributed by atoms with Crippen LogP contribution in [0, 0.1) is 6.92 Å². The van der Waals surface area contributed by atoms with E-state index in [9.17, 15) is 18.0 Å². The molecule has 0 aliphatic heterocycles. The maximum Gasteiger partial charge on any atom is 0.264 e. The first-order chi connectivity index (χ1) is 17.6. The molecule has 7 nitrogen and oxygen atoms in total. The molecule has 0 spiro atoms. The Hall–Kier alpha value is -3.07. The van der Waals surface area contributed by atoms with Crippen molar-refractivity contribution in [3.63, 3.8) is 0 Å². The summed E-state index contributed by atoms with van der Waals surface area (Å²) >= 11 is 12.3. The van der Waals surface area contributed by atoms with Crippen LogP contribution >= 0.6 is 23.2 Å². The highest BCUT2D eigenvalue weighted by atomic mass is 35.5. The van der Waals surface area contributed by atoms with Gasteiger partial charge in [0.05, 0.1) is 10.6 Å². The molecule has 0 bridgehead atoms. The Labute approximate surface area is 228 Å². The summed E-state index contributed by atoms with van der Waals surface area (Å²) in [5, 5.41) is 3.63. The molecule has 0 saturated heterocycles. The van der Waals surface area contributed by atoms with Crippen molar-refractivity contribution in [3.8, 4) is 0 Å². The van der Waals surface area contributed by atoms with Crippen LogP contribution < -0.4 is 9.62 Å². The number of carbonyl (C=O) groups excluding carboxylic acids is 2. The molecule has 0 saturated carbocycles. The van der Waals surface area contributed by atoms with E-state index in [-0.39, 0.29) is 23.0 Å². The van der Waals surface area contributed by atoms with E-state index in [1.165, 1.54) is 17.0 Å². The summed E-state index contributed by atoms with van der Waals surface area (Å²) in [5.41, 5.74) is 1.53. The summed E-state index contributed by atoms with van der Waals surface area (Å²) < 4.78 is 28.6. The van der Waals surface area contributed by atoms with Gasteiger partial charge in [-0.15, -0.1) is 0 Å². The third-order valence-electron chi connectivity index (χ3n) is 5.90. The van der Waals surface area contributed by atoms with Crippen LogP contribution in [0.5, 0.6) is 0 Å². The molecule has 3 rings (SSSR count). The number of nitrogens with one attached hydrogen (secondary N) is 1. The maximum atomic E-state index is 13.8. The van der Waals surface area contributed by atoms with Crippen LogP contribution in [0.4, 0.5) is 5.69 Å². The Kier molecular flexibility index (Phi) is 9.59. The second kappa shape index (κ2) is 12.4. The lowest BCUT2D eigenvalue weighted by atomic mass is 10.1. The Balaban J connectivity index is 2.06. The molecule has 37 heavy (non-hydrogen) atoms. The number of amides is 2. The minimum absolute atomic E-state index is 0.0307. The average Bonchev–Trinajstić information content (AvgIpc) is 2.88. The van der Waals surface area contributed by atoms with Crippen LogP contribution in [0.1, 0.15) is 25.0 Å². The molecule has 0 aliphatic rings. The monoisotopic (exact) mass is 561 g/mol. The number of sulfonamides is 1. The van der Waals surface area contributed by atoms with Crippen LogP contribution in [0.15, 0.2) is 77.7 Å². The summed E-state index contributed by atoms with van der Waals surface area (Å²) in [5.74, 6) is -0.895. The SMILES string of the molecule is CCNC(=O)[C@H](C)N(Cc1ccc(Cl)cc1)C(=O)CN(c1cccc(Cl)c1C)S(=O)(=O)c1ccccc1. The molecule has 3 aromatic carbocycles. The number of likely N-dealkylation sites (N-methyl/N-ethyl adjacent to an activating group) is 1. The van der Waals surface area contributed by atoms with Crippen molar-refractivity contribution in [2.75, 3.05) is 17.4 Å². The largest absolute Gasteiger partial charge is 0.355 e. The third-order valence-corrected chi connectivity index (χ3v) is 8.34. The van der Waals surface area contributed by atoms with Crippen LogP contribution in [0.3, 0.4) is 0 Å². The smallest absolute Gasteiger partial charge is 0.264 e. The van der Waals surface area contributed by atoms with E-state index in [0.29, 0.717) is 22.2 Å². The van der Waals surface area contributed by atoms with Gasteiger partial charge in [0.1, 0.15) is 12.6 Å². The quantitative estimate of drug-likeness (QED) is 0.375. The van der Waals surface area contributed by atoms with Gasteiger partial charge in [0.2, 0.25) is 11.8 Å². The molecule has 10 heteroatoms. The summed E-state index contributed by atoms with van der Waals surface area (Å²) in [4.78, 5) is 27.9. The second-order valence-corrected chi connectivity index (χ2v) is 11.1. The molecule has 0 heterocycles. The van der Waals surface area contributed by atoms with E-state index < -0.39 is 28.5 Å². The fourth-order valence-corrected chi connectivity index (χ4v) is 5.58. The van der Waals surface area contributed by atoms with Gasteiger partial charge in [-0.25, -0.2) is 8.42 Å². The fourth-order valence-electron chi connectivity index (χ4n) is 3.79. The van der Waals surface area contributed by atoms with Crippen molar-refractivity contribution in [1.29, 1.82) is 0 Å². The lowest BCUT2D eigenvalue weighted by molar-refractivity contribution is -0.139. The number of hydrogen-bond acceptors (Lipinski definition) is 4. The van der Waals surface area contributed by atoms with Crippen LogP contribution in [-0.4, -0.2) is 44.3 Å². The van der Waals surface area contributed by atoms with Crippen LogP contribution in [0.2, 0.25) is 10.0 Å². The predicted octanol–water partition coefficient (Wildman–Crippen LogP) is 5.05. The number of anilines is 1. The van der Waals surface area contributed by atoms with Crippen molar-refractivity contribution in [1.82, 2.24) is 10.2 Å². The zero-order chi connectivity index (χ0) is 27.2. The normalized spacial score (nSPS) is 12.0. The zero-order valence-electron chi connectivity index (χ0n) is 20.8. The molecule has 0 fully saturated rings. The molecule has 0 unspecified atom stereocenters. The van der Waals surface area contributed by atoms with Gasteiger partial charge in [-0.1, -0.05) is 59.6 Å². The van der Waals surface area contributed by atoms with Gasteiger partial charge in [0.25, 0.3) is 10.0 Å². The fraction of sp³-hybridized carbons (Fsp3) is 0.259. The Morgan fingerprint density at radius 1 is 0.946 bits per heavy atom. The molecule has 0 aliphatic carbocycles. The number of benzene rings is 3. The first kappa shape index (κ1) is 28.5. The second-order valence-electron chi connectivity index (χ2n) is 8.43. The van der Waals surface area contributed by atoms with Crippen molar-refractivity contribution in [3.05, 3.63) is 94.0 Å². The van der Waals surface area contributed by atoms with Crippen LogP contribution in [0.25, 0.3) is 0 Å². The van der Waals surface area contributed by atoms with Gasteiger partial charge >= 0.3 is 0 Å². The topological polar surface area (TPSA) is 86.8 Å². The first-order valence-electron chi connectivity index (χ1n) is 11.7. The molecule has 0 aromatic heterocycles. The highest BCUT2D eigenvalue weighted by molar-refractivity contribution is 7.92. The van der Waals surface area contributed by atoms with E-state index in [1.807, 2.05) is 0 Å².